The molecular weight excluding hydrogens is 357 g/mol. The summed E-state index contributed by atoms with van der Waals surface area (Å²) in [4.78, 5) is 12.5. The summed E-state index contributed by atoms with van der Waals surface area (Å²) in [5.41, 5.74) is -0.939. The minimum atomic E-state index is -3.75. The Morgan fingerprint density at radius 2 is 1.87 bits per heavy atom. The molecule has 2 saturated carbocycles. The van der Waals surface area contributed by atoms with Gasteiger partial charge in [-0.15, -0.1) is 0 Å². The van der Waals surface area contributed by atoms with Crippen molar-refractivity contribution in [3.8, 4) is 0 Å². The molecule has 0 radical (unpaired) electrons. The van der Waals surface area contributed by atoms with E-state index in [2.05, 4.69) is 4.72 Å². The first-order chi connectivity index (χ1) is 10.6. The lowest BCUT2D eigenvalue weighted by molar-refractivity contribution is -0.128. The molecule has 4 nitrogen and oxygen atoms in total. The fraction of sp³-hybridized carbons (Fsp3) is 0.562. The minimum absolute atomic E-state index is 0.0642. The highest BCUT2D eigenvalue weighted by molar-refractivity contribution is 7.92. The largest absolute Gasteiger partial charge is 0.299 e. The van der Waals surface area contributed by atoms with E-state index in [1.165, 1.54) is 0 Å². The summed E-state index contributed by atoms with van der Waals surface area (Å²) in [6.07, 6.45) is 2.01. The van der Waals surface area contributed by atoms with Crippen molar-refractivity contribution < 1.29 is 13.2 Å². The average molecular weight is 376 g/mol. The van der Waals surface area contributed by atoms with Crippen molar-refractivity contribution in [2.24, 2.45) is 16.7 Å². The van der Waals surface area contributed by atoms with Crippen LogP contribution in [0.4, 0.5) is 5.69 Å². The van der Waals surface area contributed by atoms with Crippen LogP contribution in [0.5, 0.6) is 0 Å². The molecule has 1 aromatic rings. The monoisotopic (exact) mass is 375 g/mol. The predicted molar refractivity (Wildman–Crippen MR) is 92.4 cm³/mol. The zero-order valence-corrected chi connectivity index (χ0v) is 15.4. The number of carbonyl (C=O) groups excluding carboxylic acids is 1. The lowest BCUT2D eigenvalue weighted by Gasteiger charge is -2.36. The number of benzene rings is 1. The molecule has 0 amide bonds. The van der Waals surface area contributed by atoms with Gasteiger partial charge in [-0.3, -0.25) is 9.52 Å². The van der Waals surface area contributed by atoms with Crippen LogP contribution in [0.2, 0.25) is 10.0 Å². The fourth-order valence-corrected chi connectivity index (χ4v) is 6.75. The topological polar surface area (TPSA) is 63.2 Å². The molecule has 1 N–H and O–H groups in total. The van der Waals surface area contributed by atoms with E-state index in [1.807, 2.05) is 13.8 Å². The first-order valence-electron chi connectivity index (χ1n) is 7.57. The molecule has 3 rings (SSSR count). The Morgan fingerprint density at radius 1 is 1.26 bits per heavy atom. The van der Waals surface area contributed by atoms with Crippen molar-refractivity contribution in [2.45, 2.75) is 33.1 Å². The summed E-state index contributed by atoms with van der Waals surface area (Å²) in [6.45, 7) is 4.02. The van der Waals surface area contributed by atoms with Crippen LogP contribution >= 0.6 is 23.2 Å². The number of hydrogen-bond acceptors (Lipinski definition) is 3. The molecule has 7 heteroatoms. The maximum Gasteiger partial charge on any atom is 0.233 e. The highest BCUT2D eigenvalue weighted by Crippen LogP contribution is 2.64. The maximum atomic E-state index is 12.7. The molecule has 126 valence electrons. The number of halogens is 2. The van der Waals surface area contributed by atoms with Crippen molar-refractivity contribution in [2.75, 3.05) is 10.5 Å². The van der Waals surface area contributed by atoms with Gasteiger partial charge in [-0.2, -0.15) is 0 Å². The third-order valence-corrected chi connectivity index (χ3v) is 7.81. The van der Waals surface area contributed by atoms with Crippen LogP contribution in [0.25, 0.3) is 0 Å². The summed E-state index contributed by atoms with van der Waals surface area (Å²) >= 11 is 12.1. The Balaban J connectivity index is 1.92. The Morgan fingerprint density at radius 3 is 2.35 bits per heavy atom. The Labute approximate surface area is 146 Å². The van der Waals surface area contributed by atoms with Gasteiger partial charge in [-0.1, -0.05) is 43.1 Å². The molecule has 23 heavy (non-hydrogen) atoms. The number of hydrogen-bond donors (Lipinski definition) is 1. The number of anilines is 1. The van der Waals surface area contributed by atoms with Crippen molar-refractivity contribution >= 4 is 44.7 Å². The van der Waals surface area contributed by atoms with Crippen LogP contribution in [0.3, 0.4) is 0 Å². The van der Waals surface area contributed by atoms with E-state index in [-0.39, 0.29) is 38.6 Å². The van der Waals surface area contributed by atoms with Gasteiger partial charge in [0.15, 0.2) is 0 Å². The standard InChI is InChI=1S/C16H19Cl2NO3S/c1-15(2)10-6-7-16(15,13(20)8-10)9-23(21,22)19-14-11(17)4-3-5-12(14)18/h3-5,10,19H,6-9H2,1-2H3. The predicted octanol–water partition coefficient (Wildman–Crippen LogP) is 4.13. The van der Waals surface area contributed by atoms with E-state index in [4.69, 9.17) is 23.2 Å². The van der Waals surface area contributed by atoms with Gasteiger partial charge in [0.25, 0.3) is 0 Å². The second kappa shape index (κ2) is 5.36. The molecule has 0 heterocycles. The normalized spacial score (nSPS) is 29.0. The van der Waals surface area contributed by atoms with Gasteiger partial charge in [0.05, 0.1) is 26.9 Å². The number of para-hydroxylation sites is 1. The van der Waals surface area contributed by atoms with Crippen molar-refractivity contribution in [3.05, 3.63) is 28.2 Å². The highest BCUT2D eigenvalue weighted by Gasteiger charge is 2.65. The van der Waals surface area contributed by atoms with Crippen LogP contribution < -0.4 is 4.72 Å². The fourth-order valence-electron chi connectivity index (χ4n) is 4.22. The summed E-state index contributed by atoms with van der Waals surface area (Å²) < 4.78 is 27.9. The average Bonchev–Trinajstić information content (AvgIpc) is 2.76. The third kappa shape index (κ3) is 2.57. The molecule has 0 spiro atoms. The molecule has 2 unspecified atom stereocenters. The first kappa shape index (κ1) is 17.1. The molecular formula is C16H19Cl2NO3S. The van der Waals surface area contributed by atoms with Crippen LogP contribution in [-0.4, -0.2) is 20.0 Å². The molecule has 1 aromatic carbocycles. The SMILES string of the molecule is CC1(C)C2CCC1(CS(=O)(=O)Nc1c(Cl)cccc1Cl)C(=O)C2. The number of nitrogens with one attached hydrogen (secondary N) is 1. The quantitative estimate of drug-likeness (QED) is 0.860. The molecule has 2 bridgehead atoms. The molecule has 0 saturated heterocycles. The second-order valence-corrected chi connectivity index (χ2v) is 9.66. The Bertz CT molecular complexity index is 755. The van der Waals surface area contributed by atoms with Crippen LogP contribution in [-0.2, 0) is 14.8 Å². The number of ketones is 1. The molecule has 2 aliphatic carbocycles. The van der Waals surface area contributed by atoms with Crippen LogP contribution in [0.1, 0.15) is 33.1 Å². The minimum Gasteiger partial charge on any atom is -0.299 e. The molecule has 2 aliphatic rings. The van der Waals surface area contributed by atoms with Gasteiger partial charge < -0.3 is 0 Å². The van der Waals surface area contributed by atoms with E-state index < -0.39 is 15.4 Å². The smallest absolute Gasteiger partial charge is 0.233 e. The van der Waals surface area contributed by atoms with Gasteiger partial charge in [-0.05, 0) is 36.3 Å². The van der Waals surface area contributed by atoms with E-state index in [0.29, 0.717) is 12.8 Å². The lowest BCUT2D eigenvalue weighted by Crippen LogP contribution is -2.43. The number of Topliss-reactive ketones (excluding diaryl/α,β-unsaturated/α-hetero) is 1. The summed E-state index contributed by atoms with van der Waals surface area (Å²) in [6, 6.07) is 4.78. The van der Waals surface area contributed by atoms with Crippen molar-refractivity contribution in [1.82, 2.24) is 0 Å². The molecule has 2 fully saturated rings. The Kier molecular flexibility index (Phi) is 3.98. The van der Waals surface area contributed by atoms with Crippen molar-refractivity contribution in [1.29, 1.82) is 0 Å². The van der Waals surface area contributed by atoms with Crippen LogP contribution in [0.15, 0.2) is 18.2 Å². The Hall–Kier alpha value is -0.780. The second-order valence-electron chi connectivity index (χ2n) is 7.12. The van der Waals surface area contributed by atoms with Gasteiger partial charge in [0.2, 0.25) is 10.0 Å². The zero-order chi connectivity index (χ0) is 17.0. The van der Waals surface area contributed by atoms with Gasteiger partial charge in [-0.25, -0.2) is 8.42 Å². The van der Waals surface area contributed by atoms with E-state index in [0.717, 1.165) is 6.42 Å². The third-order valence-electron chi connectivity index (χ3n) is 5.80. The van der Waals surface area contributed by atoms with Gasteiger partial charge in [0, 0.05) is 6.42 Å². The molecule has 0 aromatic heterocycles. The number of fused-ring (bicyclic) bond motifs is 2. The van der Waals surface area contributed by atoms with Gasteiger partial charge in [0.1, 0.15) is 5.78 Å². The van der Waals surface area contributed by atoms with Crippen LogP contribution in [0, 0.1) is 16.7 Å². The van der Waals surface area contributed by atoms with Crippen molar-refractivity contribution in [3.63, 3.8) is 0 Å². The van der Waals surface area contributed by atoms with E-state index >= 15 is 0 Å². The zero-order valence-electron chi connectivity index (χ0n) is 13.0. The highest BCUT2D eigenvalue weighted by atomic mass is 35.5. The number of carbonyl (C=O) groups is 1. The first-order valence-corrected chi connectivity index (χ1v) is 9.98. The maximum absolute atomic E-state index is 12.7. The van der Waals surface area contributed by atoms with Gasteiger partial charge >= 0.3 is 0 Å². The number of rotatable bonds is 4. The summed E-state index contributed by atoms with van der Waals surface area (Å²) in [5.74, 6) is 0.118. The molecule has 2 atom stereocenters. The van der Waals surface area contributed by atoms with E-state index in [1.54, 1.807) is 18.2 Å². The molecule has 0 aliphatic heterocycles. The summed E-state index contributed by atoms with van der Waals surface area (Å²) in [5, 5.41) is 0.472. The summed E-state index contributed by atoms with van der Waals surface area (Å²) in [7, 11) is -3.75. The van der Waals surface area contributed by atoms with E-state index in [9.17, 15) is 13.2 Å². The number of sulfonamides is 1. The lowest BCUT2D eigenvalue weighted by atomic mass is 9.70.